The van der Waals surface area contributed by atoms with Gasteiger partial charge < -0.3 is 26.5 Å². The molecule has 1 aromatic carbocycles. The maximum atomic E-state index is 11.0. The topological polar surface area (TPSA) is 132 Å². The zero-order chi connectivity index (χ0) is 19.9. The van der Waals surface area contributed by atoms with E-state index >= 15 is 0 Å². The van der Waals surface area contributed by atoms with Crippen LogP contribution < -0.4 is 22.1 Å². The van der Waals surface area contributed by atoms with Crippen LogP contribution in [0.1, 0.15) is 24.3 Å². The van der Waals surface area contributed by atoms with Crippen molar-refractivity contribution in [3.63, 3.8) is 0 Å². The van der Waals surface area contributed by atoms with Crippen LogP contribution in [0.3, 0.4) is 0 Å². The van der Waals surface area contributed by atoms with Crippen molar-refractivity contribution in [3.05, 3.63) is 59.2 Å². The highest BCUT2D eigenvalue weighted by Crippen LogP contribution is 2.26. The molecule has 1 unspecified atom stereocenters. The van der Waals surface area contributed by atoms with Gasteiger partial charge in [0.25, 0.3) is 0 Å². The van der Waals surface area contributed by atoms with Crippen molar-refractivity contribution in [2.75, 3.05) is 11.9 Å². The lowest BCUT2D eigenvalue weighted by Gasteiger charge is -2.09. The molecule has 28 heavy (non-hydrogen) atoms. The summed E-state index contributed by atoms with van der Waals surface area (Å²) in [6.07, 6.45) is 0. The Balaban J connectivity index is 1.57. The van der Waals surface area contributed by atoms with E-state index in [4.69, 9.17) is 15.9 Å². The van der Waals surface area contributed by atoms with Gasteiger partial charge >= 0.3 is 0 Å². The third kappa shape index (κ3) is 5.41. The smallest absolute Gasteiger partial charge is 0.217 e. The Morgan fingerprint density at radius 2 is 2.07 bits per heavy atom. The second kappa shape index (κ2) is 9.16. The van der Waals surface area contributed by atoms with Gasteiger partial charge in [-0.1, -0.05) is 30.3 Å². The summed E-state index contributed by atoms with van der Waals surface area (Å²) in [6.45, 7) is 2.17. The number of aromatic nitrogens is 1. The number of nitrogens with zero attached hydrogens (tertiary/aromatic N) is 2. The highest BCUT2D eigenvalue weighted by atomic mass is 32.1. The Morgan fingerprint density at radius 3 is 2.82 bits per heavy atom. The van der Waals surface area contributed by atoms with E-state index in [1.165, 1.54) is 18.3 Å². The lowest BCUT2D eigenvalue weighted by atomic mass is 10.1. The third-order valence-corrected chi connectivity index (χ3v) is 4.61. The van der Waals surface area contributed by atoms with Crippen LogP contribution in [0.25, 0.3) is 11.5 Å². The molecule has 0 spiro atoms. The largest absolute Gasteiger partial charge is 0.458 e. The molecule has 9 heteroatoms. The van der Waals surface area contributed by atoms with E-state index in [0.29, 0.717) is 35.4 Å². The molecule has 8 nitrogen and oxygen atoms in total. The fourth-order valence-electron chi connectivity index (χ4n) is 2.42. The number of aliphatic imine (C=N–C) groups is 1. The van der Waals surface area contributed by atoms with Crippen molar-refractivity contribution in [2.45, 2.75) is 19.5 Å². The first-order valence-electron chi connectivity index (χ1n) is 8.68. The van der Waals surface area contributed by atoms with E-state index in [9.17, 15) is 4.79 Å². The number of benzene rings is 1. The van der Waals surface area contributed by atoms with Gasteiger partial charge in [-0.3, -0.25) is 9.79 Å². The second-order valence-electron chi connectivity index (χ2n) is 6.08. The zero-order valence-corrected chi connectivity index (χ0v) is 16.2. The number of nitrogens with two attached hydrogens (primary N) is 2. The molecule has 1 amide bonds. The number of carbonyl (C=O) groups excluding carboxylic acids is 1. The summed E-state index contributed by atoms with van der Waals surface area (Å²) in [4.78, 5) is 19.7. The first-order chi connectivity index (χ1) is 13.5. The first-order valence-corrected chi connectivity index (χ1v) is 9.55. The van der Waals surface area contributed by atoms with Gasteiger partial charge in [0.15, 0.2) is 16.9 Å². The van der Waals surface area contributed by atoms with Gasteiger partial charge in [0.05, 0.1) is 13.1 Å². The van der Waals surface area contributed by atoms with Crippen LogP contribution in [0.4, 0.5) is 5.13 Å². The average Bonchev–Trinajstić information content (AvgIpc) is 3.34. The predicted octanol–water partition coefficient (Wildman–Crippen LogP) is 2.47. The summed E-state index contributed by atoms with van der Waals surface area (Å²) < 4.78 is 5.69. The van der Waals surface area contributed by atoms with Gasteiger partial charge in [0.2, 0.25) is 5.91 Å². The molecule has 3 rings (SSSR count). The molecule has 0 aliphatic heterocycles. The van der Waals surface area contributed by atoms with Crippen molar-refractivity contribution in [1.29, 1.82) is 0 Å². The van der Waals surface area contributed by atoms with Crippen molar-refractivity contribution >= 4 is 28.3 Å². The molecule has 2 heterocycles. The minimum absolute atomic E-state index is 0.111. The fraction of sp³-hybridized carbons (Fsp3) is 0.211. The second-order valence-corrected chi connectivity index (χ2v) is 6.94. The normalized spacial score (nSPS) is 12.6. The molecule has 2 aromatic heterocycles. The maximum absolute atomic E-state index is 11.0. The Labute approximate surface area is 166 Å². The molecule has 1 atom stereocenters. The zero-order valence-electron chi connectivity index (χ0n) is 15.4. The van der Waals surface area contributed by atoms with Gasteiger partial charge in [0.1, 0.15) is 11.5 Å². The Bertz CT molecular complexity index is 950. The van der Waals surface area contributed by atoms with Crippen LogP contribution in [0.2, 0.25) is 0 Å². The molecule has 146 valence electrons. The molecule has 0 aliphatic rings. The summed E-state index contributed by atoms with van der Waals surface area (Å²) >= 11 is 1.39. The number of carbonyl (C=O) groups is 1. The number of hydrogen-bond donors (Lipinski definition) is 4. The lowest BCUT2D eigenvalue weighted by molar-refractivity contribution is -0.119. The van der Waals surface area contributed by atoms with E-state index < -0.39 is 0 Å². The monoisotopic (exact) mass is 398 g/mol. The highest BCUT2D eigenvalue weighted by Gasteiger charge is 2.10. The summed E-state index contributed by atoms with van der Waals surface area (Å²) in [6, 6.07) is 13.1. The minimum atomic E-state index is -0.224. The summed E-state index contributed by atoms with van der Waals surface area (Å²) in [5.74, 6) is 1.41. The molecule has 0 radical (unpaired) electrons. The van der Waals surface area contributed by atoms with Crippen LogP contribution in [-0.2, 0) is 11.3 Å². The molecular weight excluding hydrogens is 376 g/mol. The lowest BCUT2D eigenvalue weighted by Crippen LogP contribution is -2.24. The van der Waals surface area contributed by atoms with Crippen LogP contribution in [-0.4, -0.2) is 23.4 Å². The van der Waals surface area contributed by atoms with Crippen LogP contribution >= 0.6 is 11.3 Å². The Hall–Kier alpha value is -3.17. The Kier molecular flexibility index (Phi) is 6.41. The quantitative estimate of drug-likeness (QED) is 0.357. The highest BCUT2D eigenvalue weighted by molar-refractivity contribution is 7.14. The number of hydrogen-bond acceptors (Lipinski definition) is 6. The Morgan fingerprint density at radius 1 is 1.29 bits per heavy atom. The van der Waals surface area contributed by atoms with Crippen molar-refractivity contribution in [2.24, 2.45) is 16.5 Å². The first kappa shape index (κ1) is 19.6. The van der Waals surface area contributed by atoms with Gasteiger partial charge in [-0.15, -0.1) is 11.3 Å². The summed E-state index contributed by atoms with van der Waals surface area (Å²) in [5, 5.41) is 8.11. The number of nitrogens with one attached hydrogen (secondary N) is 2. The molecule has 6 N–H and O–H groups in total. The van der Waals surface area contributed by atoms with Gasteiger partial charge in [0, 0.05) is 18.3 Å². The minimum Gasteiger partial charge on any atom is -0.458 e. The van der Waals surface area contributed by atoms with Crippen LogP contribution in [0.15, 0.2) is 57.3 Å². The molecule has 0 bridgehead atoms. The van der Waals surface area contributed by atoms with Crippen molar-refractivity contribution < 1.29 is 9.21 Å². The van der Waals surface area contributed by atoms with E-state index in [-0.39, 0.29) is 17.9 Å². The molecule has 3 aromatic rings. The van der Waals surface area contributed by atoms with Crippen molar-refractivity contribution in [3.8, 4) is 11.5 Å². The number of furan rings is 1. The van der Waals surface area contributed by atoms with Crippen molar-refractivity contribution in [1.82, 2.24) is 10.3 Å². The predicted molar refractivity (Wildman–Crippen MR) is 111 cm³/mol. The van der Waals surface area contributed by atoms with Gasteiger partial charge in [-0.2, -0.15) is 0 Å². The standard InChI is InChI=1S/C19H22N6O2S/c1-12(26)22-9-14-7-8-17(27-14)16-11-28-19(24-16)25-18(21)23-10-15(20)13-5-3-2-4-6-13/h2-8,11,15H,9-10,20H2,1H3,(H,22,26)(H3,21,23,24,25). The molecule has 0 saturated carbocycles. The number of anilines is 1. The summed E-state index contributed by atoms with van der Waals surface area (Å²) in [7, 11) is 0. The van der Waals surface area contributed by atoms with E-state index in [1.54, 1.807) is 6.07 Å². The van der Waals surface area contributed by atoms with E-state index in [2.05, 4.69) is 20.6 Å². The SMILES string of the molecule is CC(=O)NCc1ccc(-c2csc(NC(N)=NCC(N)c3ccccc3)n2)o1. The van der Waals surface area contributed by atoms with Gasteiger partial charge in [-0.25, -0.2) is 4.98 Å². The number of guanidine groups is 1. The molecule has 0 aliphatic carbocycles. The maximum Gasteiger partial charge on any atom is 0.217 e. The van der Waals surface area contributed by atoms with Crippen LogP contribution in [0, 0.1) is 0 Å². The van der Waals surface area contributed by atoms with E-state index in [1.807, 2.05) is 41.8 Å². The molecule has 0 saturated heterocycles. The molecule has 0 fully saturated rings. The number of thiazole rings is 1. The number of amides is 1. The molecular formula is C19H22N6O2S. The number of rotatable bonds is 7. The fourth-order valence-corrected chi connectivity index (χ4v) is 3.12. The summed E-state index contributed by atoms with van der Waals surface area (Å²) in [5.41, 5.74) is 13.7. The van der Waals surface area contributed by atoms with Crippen LogP contribution in [0.5, 0.6) is 0 Å². The van der Waals surface area contributed by atoms with Gasteiger partial charge in [-0.05, 0) is 17.7 Å². The third-order valence-electron chi connectivity index (χ3n) is 3.85. The van der Waals surface area contributed by atoms with E-state index in [0.717, 1.165) is 5.56 Å². The average molecular weight is 398 g/mol.